The van der Waals surface area contributed by atoms with Gasteiger partial charge < -0.3 is 5.32 Å². The van der Waals surface area contributed by atoms with E-state index in [2.05, 4.69) is 33.0 Å². The van der Waals surface area contributed by atoms with Crippen LogP contribution in [0.25, 0.3) is 5.69 Å². The number of nitrogens with zero attached hydrogens (tertiary/aromatic N) is 4. The molecule has 2 bridgehead atoms. The fourth-order valence-electron chi connectivity index (χ4n) is 3.75. The molecule has 1 aromatic heterocycles. The maximum Gasteiger partial charge on any atom is 0.253 e. The van der Waals surface area contributed by atoms with E-state index in [4.69, 9.17) is 0 Å². The van der Waals surface area contributed by atoms with Crippen molar-refractivity contribution >= 4 is 5.91 Å². The lowest BCUT2D eigenvalue weighted by molar-refractivity contribution is 0.0945. The fourth-order valence-corrected chi connectivity index (χ4v) is 3.75. The molecule has 6 heteroatoms. The van der Waals surface area contributed by atoms with Gasteiger partial charge in [-0.15, -0.1) is 5.10 Å². The molecular weight excluding hydrogens is 290 g/mol. The number of benzene rings is 1. The van der Waals surface area contributed by atoms with Crippen LogP contribution in [0.2, 0.25) is 0 Å². The summed E-state index contributed by atoms with van der Waals surface area (Å²) in [5.41, 5.74) is 1.31. The summed E-state index contributed by atoms with van der Waals surface area (Å²) in [6.45, 7) is 2.55. The number of nitrogens with one attached hydrogen (secondary N) is 1. The van der Waals surface area contributed by atoms with Crippen molar-refractivity contribution in [2.75, 3.05) is 6.54 Å². The van der Waals surface area contributed by atoms with Gasteiger partial charge in [0.2, 0.25) is 0 Å². The van der Waals surface area contributed by atoms with Crippen LogP contribution in [0, 0.1) is 24.7 Å². The van der Waals surface area contributed by atoms with Gasteiger partial charge in [0.05, 0.1) is 11.3 Å². The van der Waals surface area contributed by atoms with Crippen LogP contribution in [0.3, 0.4) is 0 Å². The van der Waals surface area contributed by atoms with Gasteiger partial charge in [0.1, 0.15) is 0 Å². The van der Waals surface area contributed by atoms with E-state index in [0.29, 0.717) is 28.9 Å². The Bertz CT molecular complexity index is 766. The van der Waals surface area contributed by atoms with E-state index in [1.54, 1.807) is 4.68 Å². The zero-order chi connectivity index (χ0) is 15.8. The van der Waals surface area contributed by atoms with Crippen LogP contribution in [0.5, 0.6) is 0 Å². The Morgan fingerprint density at radius 3 is 2.87 bits per heavy atom. The summed E-state index contributed by atoms with van der Waals surface area (Å²) in [4.78, 5) is 12.6. The van der Waals surface area contributed by atoms with Gasteiger partial charge in [-0.25, -0.2) is 0 Å². The third kappa shape index (κ3) is 2.54. The number of rotatable bonds is 4. The molecule has 2 aliphatic carbocycles. The smallest absolute Gasteiger partial charge is 0.253 e. The molecule has 2 aliphatic rings. The minimum Gasteiger partial charge on any atom is -0.352 e. The number of hydrogen-bond acceptors (Lipinski definition) is 4. The van der Waals surface area contributed by atoms with Crippen molar-refractivity contribution in [3.05, 3.63) is 47.8 Å². The fraction of sp³-hybridized carbons (Fsp3) is 0.412. The molecule has 1 N–H and O–H groups in total. The number of hydrogen-bond donors (Lipinski definition) is 1. The highest BCUT2D eigenvalue weighted by Crippen LogP contribution is 2.42. The molecule has 0 saturated heterocycles. The zero-order valence-electron chi connectivity index (χ0n) is 13.0. The van der Waals surface area contributed by atoms with E-state index in [1.807, 2.05) is 31.2 Å². The van der Waals surface area contributed by atoms with Crippen LogP contribution in [-0.2, 0) is 0 Å². The SMILES string of the molecule is Cc1nnnn1-c1ccccc1C(=O)NC[C@@H]1C[C@@H]2C=C[C@H]1C2. The van der Waals surface area contributed by atoms with Crippen LogP contribution >= 0.6 is 0 Å². The average molecular weight is 309 g/mol. The van der Waals surface area contributed by atoms with Crippen molar-refractivity contribution in [3.8, 4) is 5.69 Å². The first kappa shape index (κ1) is 14.1. The first-order valence-corrected chi connectivity index (χ1v) is 8.03. The second-order valence-corrected chi connectivity index (χ2v) is 6.41. The van der Waals surface area contributed by atoms with Crippen molar-refractivity contribution in [3.63, 3.8) is 0 Å². The van der Waals surface area contributed by atoms with Gasteiger partial charge in [0.25, 0.3) is 5.91 Å². The Labute approximate surface area is 134 Å². The summed E-state index contributed by atoms with van der Waals surface area (Å²) in [7, 11) is 0. The molecule has 0 aliphatic heterocycles. The number of para-hydroxylation sites is 1. The molecule has 3 atom stereocenters. The predicted octanol–water partition coefficient (Wildman–Crippen LogP) is 1.91. The molecule has 1 amide bonds. The Morgan fingerprint density at radius 2 is 2.17 bits per heavy atom. The topological polar surface area (TPSA) is 72.7 Å². The molecule has 1 heterocycles. The largest absolute Gasteiger partial charge is 0.352 e. The van der Waals surface area contributed by atoms with E-state index in [-0.39, 0.29) is 5.91 Å². The molecule has 0 spiro atoms. The van der Waals surface area contributed by atoms with Crippen molar-refractivity contribution in [1.29, 1.82) is 0 Å². The second-order valence-electron chi connectivity index (χ2n) is 6.41. The van der Waals surface area contributed by atoms with E-state index < -0.39 is 0 Å². The number of allylic oxidation sites excluding steroid dienone is 2. The monoisotopic (exact) mass is 309 g/mol. The Balaban J connectivity index is 1.51. The van der Waals surface area contributed by atoms with Crippen LogP contribution < -0.4 is 5.32 Å². The summed E-state index contributed by atoms with van der Waals surface area (Å²) in [5.74, 6) is 2.51. The molecule has 1 fully saturated rings. The van der Waals surface area contributed by atoms with Crippen LogP contribution in [-0.4, -0.2) is 32.7 Å². The van der Waals surface area contributed by atoms with Crippen LogP contribution in [0.4, 0.5) is 0 Å². The minimum atomic E-state index is -0.0674. The van der Waals surface area contributed by atoms with E-state index in [9.17, 15) is 4.79 Å². The predicted molar refractivity (Wildman–Crippen MR) is 85.1 cm³/mol. The van der Waals surface area contributed by atoms with Crippen LogP contribution in [0.15, 0.2) is 36.4 Å². The highest BCUT2D eigenvalue weighted by molar-refractivity contribution is 5.97. The summed E-state index contributed by atoms with van der Waals surface area (Å²) in [5, 5.41) is 14.6. The first-order valence-electron chi connectivity index (χ1n) is 8.03. The van der Waals surface area contributed by atoms with Crippen molar-refractivity contribution < 1.29 is 4.79 Å². The van der Waals surface area contributed by atoms with E-state index in [1.165, 1.54) is 12.8 Å². The molecule has 23 heavy (non-hydrogen) atoms. The maximum atomic E-state index is 12.6. The number of aryl methyl sites for hydroxylation is 1. The number of carbonyl (C=O) groups excluding carboxylic acids is 1. The number of aromatic nitrogens is 4. The van der Waals surface area contributed by atoms with Crippen molar-refractivity contribution in [1.82, 2.24) is 25.5 Å². The standard InChI is InChI=1S/C17H19N5O/c1-11-19-20-21-22(11)16-5-3-2-4-15(16)17(23)18-10-14-9-12-6-7-13(14)8-12/h2-7,12-14H,8-10H2,1H3,(H,18,23)/t12-,13+,14+/m1/s1. The Morgan fingerprint density at radius 1 is 1.30 bits per heavy atom. The van der Waals surface area contributed by atoms with Gasteiger partial charge in [-0.05, 0) is 60.1 Å². The quantitative estimate of drug-likeness (QED) is 0.876. The molecule has 0 radical (unpaired) electrons. The maximum absolute atomic E-state index is 12.6. The van der Waals surface area contributed by atoms with Gasteiger partial charge in [-0.2, -0.15) is 4.68 Å². The van der Waals surface area contributed by atoms with Crippen molar-refractivity contribution in [2.45, 2.75) is 19.8 Å². The molecule has 4 rings (SSSR count). The molecule has 6 nitrogen and oxygen atoms in total. The number of fused-ring (bicyclic) bond motifs is 2. The first-order chi connectivity index (χ1) is 11.2. The molecule has 118 valence electrons. The lowest BCUT2D eigenvalue weighted by atomic mass is 9.93. The molecule has 1 saturated carbocycles. The lowest BCUT2D eigenvalue weighted by Gasteiger charge is -2.19. The number of carbonyl (C=O) groups is 1. The van der Waals surface area contributed by atoms with Gasteiger partial charge in [0, 0.05) is 6.54 Å². The summed E-state index contributed by atoms with van der Waals surface area (Å²) in [6.07, 6.45) is 7.07. The van der Waals surface area contributed by atoms with Gasteiger partial charge in [-0.1, -0.05) is 24.3 Å². The lowest BCUT2D eigenvalue weighted by Crippen LogP contribution is -2.31. The average Bonchev–Trinajstić information content (AvgIpc) is 3.29. The summed E-state index contributed by atoms with van der Waals surface area (Å²) >= 11 is 0. The molecule has 0 unspecified atom stereocenters. The Kier molecular flexibility index (Phi) is 3.44. The highest BCUT2D eigenvalue weighted by atomic mass is 16.1. The number of amides is 1. The van der Waals surface area contributed by atoms with E-state index in [0.717, 1.165) is 12.5 Å². The Hall–Kier alpha value is -2.50. The normalized spacial score (nSPS) is 25.0. The van der Waals surface area contributed by atoms with Crippen LogP contribution in [0.1, 0.15) is 29.0 Å². The van der Waals surface area contributed by atoms with E-state index >= 15 is 0 Å². The second kappa shape index (κ2) is 5.61. The van der Waals surface area contributed by atoms with Crippen molar-refractivity contribution in [2.24, 2.45) is 17.8 Å². The number of tetrazole rings is 1. The molecule has 2 aromatic rings. The summed E-state index contributed by atoms with van der Waals surface area (Å²) < 4.78 is 1.59. The highest BCUT2D eigenvalue weighted by Gasteiger charge is 2.35. The van der Waals surface area contributed by atoms with Gasteiger partial charge >= 0.3 is 0 Å². The zero-order valence-corrected chi connectivity index (χ0v) is 13.0. The van der Waals surface area contributed by atoms with Gasteiger partial charge in [0.15, 0.2) is 5.82 Å². The molecule has 1 aromatic carbocycles. The minimum absolute atomic E-state index is 0.0674. The van der Waals surface area contributed by atoms with Gasteiger partial charge in [-0.3, -0.25) is 4.79 Å². The third-order valence-corrected chi connectivity index (χ3v) is 4.94. The third-order valence-electron chi connectivity index (χ3n) is 4.94. The summed E-state index contributed by atoms with van der Waals surface area (Å²) in [6, 6.07) is 7.41. The molecular formula is C17H19N5O.